The molecule has 6 heteroatoms. The average Bonchev–Trinajstić information content (AvgIpc) is 3.03. The number of aliphatic hydroxyl groups is 1. The number of halogens is 1. The molecule has 3 rings (SSSR count). The number of rotatable bonds is 5. The summed E-state index contributed by atoms with van der Waals surface area (Å²) in [5.74, 6) is 0.132. The largest absolute Gasteiger partial charge is 0.387 e. The van der Waals surface area contributed by atoms with Gasteiger partial charge in [0.1, 0.15) is 5.82 Å². The molecule has 0 aliphatic carbocycles. The lowest BCUT2D eigenvalue weighted by Gasteiger charge is -2.10. The predicted octanol–water partition coefficient (Wildman–Crippen LogP) is 3.02. The van der Waals surface area contributed by atoms with E-state index in [1.807, 2.05) is 30.3 Å². The van der Waals surface area contributed by atoms with Crippen molar-refractivity contribution in [3.8, 4) is 11.4 Å². The summed E-state index contributed by atoms with van der Waals surface area (Å²) in [6, 6.07) is 15.3. The van der Waals surface area contributed by atoms with E-state index in [0.29, 0.717) is 11.4 Å². The van der Waals surface area contributed by atoms with E-state index in [4.69, 9.17) is 4.52 Å². The van der Waals surface area contributed by atoms with Gasteiger partial charge in [0.15, 0.2) is 0 Å². The minimum Gasteiger partial charge on any atom is -0.387 e. The van der Waals surface area contributed by atoms with Crippen LogP contribution in [0.25, 0.3) is 11.4 Å². The van der Waals surface area contributed by atoms with E-state index in [0.717, 1.165) is 5.56 Å². The molecule has 0 fully saturated rings. The van der Waals surface area contributed by atoms with Crippen LogP contribution >= 0.6 is 0 Å². The molecule has 22 heavy (non-hydrogen) atoms. The molecule has 3 aromatic rings. The molecule has 0 amide bonds. The van der Waals surface area contributed by atoms with Crippen LogP contribution in [-0.4, -0.2) is 21.8 Å². The number of nitrogens with one attached hydrogen (secondary N) is 1. The van der Waals surface area contributed by atoms with E-state index in [1.165, 1.54) is 24.3 Å². The topological polar surface area (TPSA) is 71.2 Å². The standard InChI is InChI=1S/C16H14FN3O2/c17-13-8-6-11(7-9-13)14(21)10-18-16-19-15(20-22-16)12-4-2-1-3-5-12/h1-9,14,21H,10H2,(H,18,19,20)/t14-/m1/s1. The lowest BCUT2D eigenvalue weighted by Crippen LogP contribution is -2.12. The molecule has 0 unspecified atom stereocenters. The van der Waals surface area contributed by atoms with Gasteiger partial charge >= 0.3 is 6.01 Å². The fourth-order valence-electron chi connectivity index (χ4n) is 1.99. The SMILES string of the molecule is O[C@H](CNc1nc(-c2ccccc2)no1)c1ccc(F)cc1. The van der Waals surface area contributed by atoms with Crippen molar-refractivity contribution in [2.75, 3.05) is 11.9 Å². The molecule has 1 atom stereocenters. The Bertz CT molecular complexity index is 729. The molecule has 0 bridgehead atoms. The predicted molar refractivity (Wildman–Crippen MR) is 79.6 cm³/mol. The molecule has 5 nitrogen and oxygen atoms in total. The minimum atomic E-state index is -0.798. The zero-order chi connectivity index (χ0) is 15.4. The van der Waals surface area contributed by atoms with Crippen molar-refractivity contribution in [3.05, 3.63) is 66.0 Å². The summed E-state index contributed by atoms with van der Waals surface area (Å²) in [5, 5.41) is 16.8. The number of aliphatic hydroxyl groups excluding tert-OH is 1. The summed E-state index contributed by atoms with van der Waals surface area (Å²) >= 11 is 0. The molecule has 0 spiro atoms. The minimum absolute atomic E-state index is 0.183. The third-order valence-corrected chi connectivity index (χ3v) is 3.16. The van der Waals surface area contributed by atoms with Gasteiger partial charge in [-0.1, -0.05) is 47.6 Å². The van der Waals surface area contributed by atoms with Crippen LogP contribution in [0.5, 0.6) is 0 Å². The van der Waals surface area contributed by atoms with Crippen molar-refractivity contribution in [2.24, 2.45) is 0 Å². The van der Waals surface area contributed by atoms with Gasteiger partial charge in [-0.05, 0) is 17.7 Å². The Morgan fingerprint density at radius 3 is 2.55 bits per heavy atom. The van der Waals surface area contributed by atoms with E-state index < -0.39 is 6.10 Å². The van der Waals surface area contributed by atoms with Crippen LogP contribution in [0, 0.1) is 5.82 Å². The first kappa shape index (κ1) is 14.2. The van der Waals surface area contributed by atoms with Crippen molar-refractivity contribution in [3.63, 3.8) is 0 Å². The van der Waals surface area contributed by atoms with E-state index in [1.54, 1.807) is 0 Å². The Labute approximate surface area is 126 Å². The van der Waals surface area contributed by atoms with Crippen molar-refractivity contribution < 1.29 is 14.0 Å². The second-order valence-corrected chi connectivity index (χ2v) is 4.74. The van der Waals surface area contributed by atoms with Gasteiger partial charge in [-0.2, -0.15) is 4.98 Å². The molecule has 0 saturated carbocycles. The Morgan fingerprint density at radius 2 is 1.82 bits per heavy atom. The smallest absolute Gasteiger partial charge is 0.321 e. The normalized spacial score (nSPS) is 12.1. The molecule has 0 radical (unpaired) electrons. The van der Waals surface area contributed by atoms with Gasteiger partial charge in [-0.3, -0.25) is 0 Å². The van der Waals surface area contributed by atoms with Crippen LogP contribution in [-0.2, 0) is 0 Å². The first-order valence-electron chi connectivity index (χ1n) is 6.79. The highest BCUT2D eigenvalue weighted by atomic mass is 19.1. The molecule has 0 saturated heterocycles. The van der Waals surface area contributed by atoms with Gasteiger partial charge in [0, 0.05) is 12.1 Å². The third kappa shape index (κ3) is 3.29. The zero-order valence-corrected chi connectivity index (χ0v) is 11.6. The molecule has 112 valence electrons. The summed E-state index contributed by atoms with van der Waals surface area (Å²) in [4.78, 5) is 4.20. The molecule has 1 aromatic heterocycles. The van der Waals surface area contributed by atoms with Gasteiger partial charge in [0.25, 0.3) is 0 Å². The summed E-state index contributed by atoms with van der Waals surface area (Å²) in [6.07, 6.45) is -0.798. The molecule has 0 aliphatic heterocycles. The van der Waals surface area contributed by atoms with Crippen LogP contribution in [0.4, 0.5) is 10.4 Å². The number of benzene rings is 2. The van der Waals surface area contributed by atoms with Crippen molar-refractivity contribution in [2.45, 2.75) is 6.10 Å². The van der Waals surface area contributed by atoms with Gasteiger partial charge in [-0.15, -0.1) is 0 Å². The number of hydrogen-bond acceptors (Lipinski definition) is 5. The summed E-state index contributed by atoms with van der Waals surface area (Å²) in [5.41, 5.74) is 1.45. The number of nitrogens with zero attached hydrogens (tertiary/aromatic N) is 2. The van der Waals surface area contributed by atoms with Crippen molar-refractivity contribution in [1.82, 2.24) is 10.1 Å². The highest BCUT2D eigenvalue weighted by molar-refractivity contribution is 5.54. The zero-order valence-electron chi connectivity index (χ0n) is 11.6. The van der Waals surface area contributed by atoms with Gasteiger partial charge in [-0.25, -0.2) is 4.39 Å². The van der Waals surface area contributed by atoms with E-state index >= 15 is 0 Å². The molecular formula is C16H14FN3O2. The average molecular weight is 299 g/mol. The second kappa shape index (κ2) is 6.36. The maximum atomic E-state index is 12.8. The van der Waals surface area contributed by atoms with Crippen LogP contribution in [0.15, 0.2) is 59.1 Å². The highest BCUT2D eigenvalue weighted by Gasteiger charge is 2.11. The molecule has 2 aromatic carbocycles. The van der Waals surface area contributed by atoms with E-state index in [-0.39, 0.29) is 18.4 Å². The first-order valence-corrected chi connectivity index (χ1v) is 6.79. The van der Waals surface area contributed by atoms with Crippen LogP contribution in [0.3, 0.4) is 0 Å². The molecule has 1 heterocycles. The lowest BCUT2D eigenvalue weighted by atomic mass is 10.1. The Hall–Kier alpha value is -2.73. The molecule has 2 N–H and O–H groups in total. The summed E-state index contributed by atoms with van der Waals surface area (Å²) in [7, 11) is 0. The number of hydrogen-bond donors (Lipinski definition) is 2. The fraction of sp³-hybridized carbons (Fsp3) is 0.125. The van der Waals surface area contributed by atoms with Crippen LogP contribution in [0.2, 0.25) is 0 Å². The van der Waals surface area contributed by atoms with Crippen LogP contribution in [0.1, 0.15) is 11.7 Å². The molecular weight excluding hydrogens is 285 g/mol. The Balaban J connectivity index is 1.62. The van der Waals surface area contributed by atoms with Gasteiger partial charge in [0.2, 0.25) is 5.82 Å². The van der Waals surface area contributed by atoms with Gasteiger partial charge in [0.05, 0.1) is 6.10 Å². The fourth-order valence-corrected chi connectivity index (χ4v) is 1.99. The summed E-state index contributed by atoms with van der Waals surface area (Å²) < 4.78 is 17.9. The first-order chi connectivity index (χ1) is 10.7. The molecule has 0 aliphatic rings. The summed E-state index contributed by atoms with van der Waals surface area (Å²) in [6.45, 7) is 0.183. The maximum Gasteiger partial charge on any atom is 0.321 e. The van der Waals surface area contributed by atoms with Crippen molar-refractivity contribution >= 4 is 6.01 Å². The van der Waals surface area contributed by atoms with Crippen molar-refractivity contribution in [1.29, 1.82) is 0 Å². The third-order valence-electron chi connectivity index (χ3n) is 3.16. The van der Waals surface area contributed by atoms with Gasteiger partial charge < -0.3 is 14.9 Å². The Morgan fingerprint density at radius 1 is 1.09 bits per heavy atom. The second-order valence-electron chi connectivity index (χ2n) is 4.74. The van der Waals surface area contributed by atoms with E-state index in [2.05, 4.69) is 15.5 Å². The van der Waals surface area contributed by atoms with E-state index in [9.17, 15) is 9.50 Å². The number of aromatic nitrogens is 2. The maximum absolute atomic E-state index is 12.8. The monoisotopic (exact) mass is 299 g/mol. The quantitative estimate of drug-likeness (QED) is 0.757. The number of anilines is 1. The van der Waals surface area contributed by atoms with Crippen LogP contribution < -0.4 is 5.32 Å². The highest BCUT2D eigenvalue weighted by Crippen LogP contribution is 2.18. The Kier molecular flexibility index (Phi) is 4.11. The lowest BCUT2D eigenvalue weighted by molar-refractivity contribution is 0.190.